The van der Waals surface area contributed by atoms with Crippen molar-refractivity contribution in [2.45, 2.75) is 19.3 Å². The normalized spacial score (nSPS) is 15.7. The Kier molecular flexibility index (Phi) is 2.72. The van der Waals surface area contributed by atoms with Crippen molar-refractivity contribution in [1.29, 1.82) is 0 Å². The van der Waals surface area contributed by atoms with Crippen molar-refractivity contribution in [2.24, 2.45) is 7.05 Å². The molecule has 4 nitrogen and oxygen atoms in total. The van der Waals surface area contributed by atoms with Crippen molar-refractivity contribution in [2.75, 3.05) is 24.6 Å². The van der Waals surface area contributed by atoms with Crippen LogP contribution in [0.3, 0.4) is 0 Å². The van der Waals surface area contributed by atoms with E-state index >= 15 is 0 Å². The summed E-state index contributed by atoms with van der Waals surface area (Å²) in [6.45, 7) is 2.31. The Labute approximate surface area is 84.1 Å². The molecule has 0 unspecified atom stereocenters. The lowest BCUT2D eigenvalue weighted by Gasteiger charge is -2.27. The molecule has 0 aliphatic carbocycles. The zero-order valence-corrected chi connectivity index (χ0v) is 8.61. The molecule has 1 aromatic heterocycles. The van der Waals surface area contributed by atoms with Crippen LogP contribution in [0.4, 0.5) is 5.69 Å². The van der Waals surface area contributed by atoms with Gasteiger partial charge in [0.25, 0.3) is 0 Å². The Balaban J connectivity index is 2.13. The summed E-state index contributed by atoms with van der Waals surface area (Å²) in [5.41, 5.74) is 2.46. The summed E-state index contributed by atoms with van der Waals surface area (Å²) >= 11 is 0. The summed E-state index contributed by atoms with van der Waals surface area (Å²) in [6, 6.07) is 0. The minimum Gasteiger partial charge on any atom is -0.396 e. The molecular formula is C10H17N3O. The molecule has 2 rings (SSSR count). The van der Waals surface area contributed by atoms with Crippen LogP contribution in [-0.2, 0) is 13.5 Å². The predicted octanol–water partition coefficient (Wildman–Crippen LogP) is 0.555. The second kappa shape index (κ2) is 4.00. The summed E-state index contributed by atoms with van der Waals surface area (Å²) < 4.78 is 1.88. The van der Waals surface area contributed by atoms with Crippen LogP contribution in [0.1, 0.15) is 18.5 Å². The molecule has 0 bridgehead atoms. The van der Waals surface area contributed by atoms with E-state index in [1.54, 1.807) is 0 Å². The fraction of sp³-hybridized carbons (Fsp3) is 0.700. The highest BCUT2D eigenvalue weighted by Crippen LogP contribution is 2.25. The van der Waals surface area contributed by atoms with Crippen LogP contribution in [0.25, 0.3) is 0 Å². The van der Waals surface area contributed by atoms with Gasteiger partial charge in [-0.1, -0.05) is 0 Å². The zero-order valence-electron chi connectivity index (χ0n) is 8.61. The third kappa shape index (κ3) is 1.75. The molecule has 14 heavy (non-hydrogen) atoms. The van der Waals surface area contributed by atoms with Gasteiger partial charge >= 0.3 is 0 Å². The summed E-state index contributed by atoms with van der Waals surface area (Å²) in [5.74, 6) is 0. The van der Waals surface area contributed by atoms with Gasteiger partial charge < -0.3 is 10.0 Å². The van der Waals surface area contributed by atoms with Crippen LogP contribution in [0.2, 0.25) is 0 Å². The molecule has 0 spiro atoms. The smallest absolute Gasteiger partial charge is 0.0858 e. The lowest BCUT2D eigenvalue weighted by Crippen LogP contribution is -2.30. The maximum Gasteiger partial charge on any atom is 0.0858 e. The van der Waals surface area contributed by atoms with Gasteiger partial charge in [-0.05, 0) is 19.3 Å². The van der Waals surface area contributed by atoms with E-state index < -0.39 is 0 Å². The molecule has 0 saturated carbocycles. The molecule has 0 atom stereocenters. The summed E-state index contributed by atoms with van der Waals surface area (Å²) in [5, 5.41) is 13.2. The monoisotopic (exact) mass is 195 g/mol. The van der Waals surface area contributed by atoms with E-state index in [1.807, 2.05) is 11.7 Å². The van der Waals surface area contributed by atoms with Crippen LogP contribution in [0.15, 0.2) is 6.20 Å². The third-order valence-electron chi connectivity index (χ3n) is 2.65. The lowest BCUT2D eigenvalue weighted by atomic mass is 10.1. The minimum atomic E-state index is 0.270. The third-order valence-corrected chi connectivity index (χ3v) is 2.65. The molecule has 0 radical (unpaired) electrons. The van der Waals surface area contributed by atoms with Crippen LogP contribution in [0, 0.1) is 0 Å². The van der Waals surface area contributed by atoms with E-state index in [9.17, 15) is 0 Å². The van der Waals surface area contributed by atoms with Gasteiger partial charge in [-0.15, -0.1) is 0 Å². The highest BCUT2D eigenvalue weighted by Gasteiger charge is 2.18. The molecule has 4 heteroatoms. The molecular weight excluding hydrogens is 178 g/mol. The summed E-state index contributed by atoms with van der Waals surface area (Å²) in [7, 11) is 1.96. The van der Waals surface area contributed by atoms with Crippen molar-refractivity contribution in [3.8, 4) is 0 Å². The molecule has 2 heterocycles. The number of hydrogen-bond donors (Lipinski definition) is 1. The number of aryl methyl sites for hydroxylation is 2. The number of aliphatic hydroxyl groups is 1. The minimum absolute atomic E-state index is 0.270. The molecule has 0 aromatic carbocycles. The highest BCUT2D eigenvalue weighted by molar-refractivity contribution is 5.51. The largest absolute Gasteiger partial charge is 0.396 e. The van der Waals surface area contributed by atoms with E-state index in [0.717, 1.165) is 25.9 Å². The number of nitrogens with zero attached hydrogens (tertiary/aromatic N) is 3. The van der Waals surface area contributed by atoms with Gasteiger partial charge in [0.1, 0.15) is 0 Å². The van der Waals surface area contributed by atoms with Crippen molar-refractivity contribution >= 4 is 5.69 Å². The second-order valence-corrected chi connectivity index (χ2v) is 3.80. The van der Waals surface area contributed by atoms with Gasteiger partial charge in [0, 0.05) is 32.9 Å². The Morgan fingerprint density at radius 3 is 3.21 bits per heavy atom. The van der Waals surface area contributed by atoms with E-state index in [1.165, 1.54) is 17.8 Å². The van der Waals surface area contributed by atoms with Gasteiger partial charge in [-0.3, -0.25) is 4.68 Å². The number of fused-ring (bicyclic) bond motifs is 1. The number of hydrogen-bond acceptors (Lipinski definition) is 3. The van der Waals surface area contributed by atoms with Gasteiger partial charge in [0.2, 0.25) is 0 Å². The Bertz CT molecular complexity index is 308. The van der Waals surface area contributed by atoms with E-state index in [4.69, 9.17) is 5.11 Å². The van der Waals surface area contributed by atoms with Gasteiger partial charge in [-0.25, -0.2) is 0 Å². The number of anilines is 1. The Hall–Kier alpha value is -1.03. The maximum atomic E-state index is 8.80. The van der Waals surface area contributed by atoms with Crippen molar-refractivity contribution in [1.82, 2.24) is 9.78 Å². The number of rotatable bonds is 3. The summed E-state index contributed by atoms with van der Waals surface area (Å²) in [6.07, 6.45) is 5.18. The summed E-state index contributed by atoms with van der Waals surface area (Å²) in [4.78, 5) is 2.32. The van der Waals surface area contributed by atoms with Crippen LogP contribution >= 0.6 is 0 Å². The van der Waals surface area contributed by atoms with Gasteiger partial charge in [-0.2, -0.15) is 5.10 Å². The van der Waals surface area contributed by atoms with E-state index in [-0.39, 0.29) is 6.61 Å². The molecule has 0 fully saturated rings. The van der Waals surface area contributed by atoms with E-state index in [0.29, 0.717) is 0 Å². The molecule has 1 N–H and O–H groups in total. The average Bonchev–Trinajstić information content (AvgIpc) is 2.55. The van der Waals surface area contributed by atoms with Gasteiger partial charge in [0.05, 0.1) is 11.4 Å². The first-order chi connectivity index (χ1) is 6.81. The molecule has 1 aliphatic heterocycles. The lowest BCUT2D eigenvalue weighted by molar-refractivity contribution is 0.289. The zero-order chi connectivity index (χ0) is 9.97. The Morgan fingerprint density at radius 2 is 2.43 bits per heavy atom. The van der Waals surface area contributed by atoms with E-state index in [2.05, 4.69) is 16.2 Å². The fourth-order valence-electron chi connectivity index (χ4n) is 2.02. The van der Waals surface area contributed by atoms with Crippen molar-refractivity contribution in [3.05, 3.63) is 11.9 Å². The first kappa shape index (κ1) is 9.52. The highest BCUT2D eigenvalue weighted by atomic mass is 16.3. The molecule has 1 aromatic rings. The molecule has 0 amide bonds. The van der Waals surface area contributed by atoms with Crippen molar-refractivity contribution in [3.63, 3.8) is 0 Å². The number of aromatic nitrogens is 2. The SMILES string of the molecule is Cn1cc2c(n1)CCCN2CCCO. The quantitative estimate of drug-likeness (QED) is 0.766. The van der Waals surface area contributed by atoms with Crippen molar-refractivity contribution < 1.29 is 5.11 Å². The second-order valence-electron chi connectivity index (χ2n) is 3.80. The number of aliphatic hydroxyl groups excluding tert-OH is 1. The molecule has 78 valence electrons. The standard InChI is InChI=1S/C10H17N3O/c1-12-8-10-9(11-12)4-2-5-13(10)6-3-7-14/h8,14H,2-7H2,1H3. The first-order valence-corrected chi connectivity index (χ1v) is 5.19. The molecule has 1 aliphatic rings. The van der Waals surface area contributed by atoms with Crippen LogP contribution in [-0.4, -0.2) is 34.6 Å². The fourth-order valence-corrected chi connectivity index (χ4v) is 2.02. The Morgan fingerprint density at radius 1 is 1.57 bits per heavy atom. The van der Waals surface area contributed by atoms with Crippen LogP contribution < -0.4 is 4.90 Å². The predicted molar refractivity (Wildman–Crippen MR) is 55.4 cm³/mol. The average molecular weight is 195 g/mol. The topological polar surface area (TPSA) is 41.3 Å². The molecule has 0 saturated heterocycles. The maximum absolute atomic E-state index is 8.80. The van der Waals surface area contributed by atoms with Crippen LogP contribution in [0.5, 0.6) is 0 Å². The van der Waals surface area contributed by atoms with Gasteiger partial charge in [0.15, 0.2) is 0 Å². The first-order valence-electron chi connectivity index (χ1n) is 5.19.